The molecule has 0 saturated carbocycles. The molecule has 0 N–H and O–H groups in total. The molecule has 5 heteroatoms. The summed E-state index contributed by atoms with van der Waals surface area (Å²) in [5, 5.41) is 0.606. The van der Waals surface area contributed by atoms with Crippen LogP contribution in [0.5, 0.6) is 0 Å². The molecule has 142 valence electrons. The lowest BCUT2D eigenvalue weighted by Crippen LogP contribution is -2.44. The summed E-state index contributed by atoms with van der Waals surface area (Å²) in [5.41, 5.74) is 4.60. The molecule has 29 heavy (non-hydrogen) atoms. The zero-order valence-electron chi connectivity index (χ0n) is 15.6. The summed E-state index contributed by atoms with van der Waals surface area (Å²) < 4.78 is 3.39. The monoisotopic (exact) mass is 417 g/mol. The van der Waals surface area contributed by atoms with Crippen molar-refractivity contribution >= 4 is 40.8 Å². The van der Waals surface area contributed by atoms with Gasteiger partial charge < -0.3 is 0 Å². The highest BCUT2D eigenvalue weighted by molar-refractivity contribution is 8.01. The van der Waals surface area contributed by atoms with Gasteiger partial charge in [-0.25, -0.2) is 4.40 Å². The summed E-state index contributed by atoms with van der Waals surface area (Å²) in [4.78, 5) is 27.1. The molecule has 1 aliphatic heterocycles. The highest BCUT2D eigenvalue weighted by atomic mass is 35.5. The average Bonchev–Trinajstić information content (AvgIpc) is 3.23. The molecule has 3 aromatic rings. The maximum atomic E-state index is 13.6. The molecule has 1 aliphatic carbocycles. The Morgan fingerprint density at radius 1 is 0.862 bits per heavy atom. The van der Waals surface area contributed by atoms with Gasteiger partial charge in [-0.3, -0.25) is 9.59 Å². The van der Waals surface area contributed by atoms with Crippen molar-refractivity contribution in [2.24, 2.45) is 4.40 Å². The van der Waals surface area contributed by atoms with E-state index in [1.807, 2.05) is 43.3 Å². The van der Waals surface area contributed by atoms with Gasteiger partial charge in [0.25, 0.3) is 0 Å². The Balaban J connectivity index is 1.71. The zero-order valence-corrected chi connectivity index (χ0v) is 17.1. The summed E-state index contributed by atoms with van der Waals surface area (Å²) in [7, 11) is 0. The first-order chi connectivity index (χ1) is 14.0. The maximum absolute atomic E-state index is 13.6. The predicted octanol–water partition coefficient (Wildman–Crippen LogP) is 5.70. The molecule has 3 nitrogen and oxygen atoms in total. The van der Waals surface area contributed by atoms with E-state index in [0.29, 0.717) is 16.1 Å². The third kappa shape index (κ3) is 2.63. The molecule has 0 radical (unpaired) electrons. The van der Waals surface area contributed by atoms with Gasteiger partial charge in [0.15, 0.2) is 16.3 Å². The third-order valence-corrected chi connectivity index (χ3v) is 7.04. The smallest absolute Gasteiger partial charge is 0.190 e. The second-order valence-electron chi connectivity index (χ2n) is 7.36. The average molecular weight is 418 g/mol. The van der Waals surface area contributed by atoms with Crippen LogP contribution in [0.1, 0.15) is 43.3 Å². The summed E-state index contributed by atoms with van der Waals surface area (Å²) in [6.45, 7) is 2.02. The number of halogens is 1. The van der Waals surface area contributed by atoms with Crippen molar-refractivity contribution in [3.05, 3.63) is 106 Å². The first-order valence-electron chi connectivity index (χ1n) is 9.29. The molecule has 1 unspecified atom stereocenters. The second kappa shape index (κ2) is 6.68. The molecule has 1 atom stereocenters. The number of Topliss-reactive ketones (excluding diaryl/α,β-unsaturated/α-hetero) is 2. The Labute approximate surface area is 178 Å². The van der Waals surface area contributed by atoms with E-state index >= 15 is 0 Å². The Morgan fingerprint density at radius 2 is 1.45 bits per heavy atom. The van der Waals surface area contributed by atoms with Crippen molar-refractivity contribution in [3.63, 3.8) is 0 Å². The molecule has 2 aliphatic rings. The molecule has 1 heterocycles. The fraction of sp³-hybridized carbons (Fsp3) is 0.125. The van der Waals surface area contributed by atoms with Gasteiger partial charge >= 0.3 is 0 Å². The van der Waals surface area contributed by atoms with E-state index in [2.05, 4.69) is 0 Å². The van der Waals surface area contributed by atoms with Gasteiger partial charge in [0.05, 0.1) is 11.6 Å². The highest BCUT2D eigenvalue weighted by Gasteiger charge is 2.63. The number of carbonyl (C=O) groups excluding carboxylic acids is 2. The number of ketones is 2. The van der Waals surface area contributed by atoms with E-state index in [-0.39, 0.29) is 11.6 Å². The van der Waals surface area contributed by atoms with Crippen molar-refractivity contribution in [1.82, 2.24) is 0 Å². The molecule has 1 spiro atoms. The van der Waals surface area contributed by atoms with E-state index in [1.54, 1.807) is 36.4 Å². The minimum Gasteiger partial charge on any atom is -0.292 e. The fourth-order valence-corrected chi connectivity index (χ4v) is 5.46. The number of hydrogen-bond acceptors (Lipinski definition) is 4. The van der Waals surface area contributed by atoms with E-state index in [1.165, 1.54) is 0 Å². The maximum Gasteiger partial charge on any atom is 0.190 e. The van der Waals surface area contributed by atoms with Gasteiger partial charge in [0, 0.05) is 16.1 Å². The van der Waals surface area contributed by atoms with Crippen LogP contribution in [0.2, 0.25) is 5.02 Å². The highest BCUT2D eigenvalue weighted by Crippen LogP contribution is 2.55. The Kier molecular flexibility index (Phi) is 4.23. The lowest BCUT2D eigenvalue weighted by Gasteiger charge is -2.28. The van der Waals surface area contributed by atoms with Crippen LogP contribution in [0.25, 0.3) is 0 Å². The number of carbonyl (C=O) groups is 2. The molecule has 0 fully saturated rings. The van der Waals surface area contributed by atoms with Crippen LogP contribution in [-0.4, -0.2) is 22.0 Å². The number of rotatable bonds is 2. The van der Waals surface area contributed by atoms with Crippen molar-refractivity contribution < 1.29 is 9.59 Å². The lowest BCUT2D eigenvalue weighted by atomic mass is 9.77. The largest absolute Gasteiger partial charge is 0.292 e. The van der Waals surface area contributed by atoms with Crippen molar-refractivity contribution in [2.75, 3.05) is 0 Å². The molecule has 0 amide bonds. The van der Waals surface area contributed by atoms with Gasteiger partial charge in [-0.15, -0.1) is 0 Å². The van der Waals surface area contributed by atoms with Crippen LogP contribution in [0.15, 0.2) is 77.2 Å². The Morgan fingerprint density at radius 3 is 2.03 bits per heavy atom. The summed E-state index contributed by atoms with van der Waals surface area (Å²) in [6.07, 6.45) is 0. The topological polar surface area (TPSA) is 46.5 Å². The van der Waals surface area contributed by atoms with Crippen molar-refractivity contribution in [1.29, 1.82) is 0 Å². The third-order valence-electron chi connectivity index (χ3n) is 5.61. The lowest BCUT2D eigenvalue weighted by molar-refractivity contribution is 0.0863. The summed E-state index contributed by atoms with van der Waals surface area (Å²) >= 11 is 7.20. The molecule has 5 rings (SSSR count). The summed E-state index contributed by atoms with van der Waals surface area (Å²) in [6, 6.07) is 22.4. The van der Waals surface area contributed by atoms with E-state index < -0.39 is 10.7 Å². The van der Waals surface area contributed by atoms with Crippen LogP contribution < -0.4 is 0 Å². The second-order valence-corrected chi connectivity index (χ2v) is 8.80. The Bertz CT molecular complexity index is 1150. The standard InChI is InChI=1S/C24H16ClNO2S/c1-14-6-8-16(9-7-14)21-20(15-10-12-17(25)13-11-15)24(29-26-21)22(27)18-4-2-3-5-19(18)23(24)28/h2-13,20H,1H3. The normalized spacial score (nSPS) is 19.5. The first kappa shape index (κ1) is 18.3. The molecule has 0 aromatic heterocycles. The molecular formula is C24H16ClNO2S. The number of nitrogens with zero attached hydrogens (tertiary/aromatic N) is 1. The molecule has 3 aromatic carbocycles. The fourth-order valence-electron chi connectivity index (χ4n) is 4.14. The van der Waals surface area contributed by atoms with Crippen LogP contribution in [0.3, 0.4) is 0 Å². The SMILES string of the molecule is Cc1ccc(C2=NSC3(C(=O)c4ccccc4C3=O)C2c2ccc(Cl)cc2)cc1. The number of benzene rings is 3. The number of hydrogen-bond donors (Lipinski definition) is 0. The van der Waals surface area contributed by atoms with Gasteiger partial charge in [-0.05, 0) is 42.1 Å². The molecular weight excluding hydrogens is 402 g/mol. The van der Waals surface area contributed by atoms with E-state index in [0.717, 1.165) is 34.3 Å². The number of aryl methyl sites for hydroxylation is 1. The van der Waals surface area contributed by atoms with Crippen LogP contribution in [0, 0.1) is 6.92 Å². The van der Waals surface area contributed by atoms with Crippen molar-refractivity contribution in [3.8, 4) is 0 Å². The van der Waals surface area contributed by atoms with E-state index in [9.17, 15) is 9.59 Å². The first-order valence-corrected chi connectivity index (χ1v) is 10.4. The van der Waals surface area contributed by atoms with Crippen LogP contribution in [0.4, 0.5) is 0 Å². The zero-order chi connectivity index (χ0) is 20.2. The predicted molar refractivity (Wildman–Crippen MR) is 117 cm³/mol. The molecule has 0 bridgehead atoms. The van der Waals surface area contributed by atoms with E-state index in [4.69, 9.17) is 16.0 Å². The minimum atomic E-state index is -1.31. The van der Waals surface area contributed by atoms with Gasteiger partial charge in [-0.1, -0.05) is 77.8 Å². The van der Waals surface area contributed by atoms with Crippen molar-refractivity contribution in [2.45, 2.75) is 17.6 Å². The summed E-state index contributed by atoms with van der Waals surface area (Å²) in [5.74, 6) is -0.831. The molecule has 0 saturated heterocycles. The quantitative estimate of drug-likeness (QED) is 0.397. The minimum absolute atomic E-state index is 0.172. The van der Waals surface area contributed by atoms with Gasteiger partial charge in [-0.2, -0.15) is 0 Å². The Hall–Kier alpha value is -2.69. The number of fused-ring (bicyclic) bond motifs is 1. The van der Waals surface area contributed by atoms with Crippen LogP contribution >= 0.6 is 23.5 Å². The van der Waals surface area contributed by atoms with Gasteiger partial charge in [0.1, 0.15) is 0 Å². The van der Waals surface area contributed by atoms with Gasteiger partial charge in [0.2, 0.25) is 0 Å². The van der Waals surface area contributed by atoms with Crippen LogP contribution in [-0.2, 0) is 0 Å².